The lowest BCUT2D eigenvalue weighted by Gasteiger charge is -2.38. The first kappa shape index (κ1) is 46.4. The van der Waals surface area contributed by atoms with Crippen LogP contribution in [0.1, 0.15) is 113 Å². The van der Waals surface area contributed by atoms with E-state index < -0.39 is 53.7 Å². The number of imide groups is 1. The number of imidazole rings is 1. The number of fused-ring (bicyclic) bond motifs is 2. The van der Waals surface area contributed by atoms with Gasteiger partial charge in [-0.1, -0.05) is 86.5 Å². The lowest BCUT2D eigenvalue weighted by molar-refractivity contribution is -0.147. The van der Waals surface area contributed by atoms with Gasteiger partial charge in [-0.2, -0.15) is 0 Å². The number of carbonyl (C=O) groups excluding carboxylic acids is 7. The molecule has 344 valence electrons. The first-order valence-corrected chi connectivity index (χ1v) is 22.9. The molecule has 0 spiro atoms. The van der Waals surface area contributed by atoms with Crippen molar-refractivity contribution in [3.05, 3.63) is 106 Å². The quantitative estimate of drug-likeness (QED) is 0.0904. The summed E-state index contributed by atoms with van der Waals surface area (Å²) in [6.07, 6.45) is 6.36. The second-order valence-electron chi connectivity index (χ2n) is 17.8. The highest BCUT2D eigenvalue weighted by Crippen LogP contribution is 2.32. The third-order valence-electron chi connectivity index (χ3n) is 13.2. The standard InChI is InChI=1S/C49H60N8O8/c1-31-30-55(43(60)18-12-4-3-7-13-32-19-22-37-40(29-32)54(2)49(65)57(37)39-24-26-42(59)52-47(39)63)28-27-35-20-23-38(56(35)48(31)64)46(62)51-36(21-25-41(50)58)45(61)53-44(33-14-8-5-9-15-33)34-16-10-6-11-17-34/h5-6,8-11,14-17,19,22,29,31,35-36,38-39,44H,3-4,7,12-13,18,20-21,23-28,30H2,1-2H3,(H2,50,58)(H,51,62)(H,53,61)(H,52,59,63)/t31-,35+,36+,38-,39?/m0/s1. The maximum Gasteiger partial charge on any atom is 0.329 e. The monoisotopic (exact) mass is 888 g/mol. The van der Waals surface area contributed by atoms with Crippen molar-refractivity contribution in [3.8, 4) is 0 Å². The fourth-order valence-corrected chi connectivity index (χ4v) is 9.67. The van der Waals surface area contributed by atoms with E-state index in [0.717, 1.165) is 47.9 Å². The number of unbranched alkanes of at least 4 members (excludes halogenated alkanes) is 3. The summed E-state index contributed by atoms with van der Waals surface area (Å²) < 4.78 is 3.01. The summed E-state index contributed by atoms with van der Waals surface area (Å²) in [5.41, 5.74) is 9.32. The van der Waals surface area contributed by atoms with Crippen LogP contribution in [0.3, 0.4) is 0 Å². The Labute approximate surface area is 378 Å². The van der Waals surface area contributed by atoms with Gasteiger partial charge in [-0.25, -0.2) is 4.79 Å². The minimum Gasteiger partial charge on any atom is -0.370 e. The van der Waals surface area contributed by atoms with Gasteiger partial charge < -0.3 is 26.2 Å². The zero-order valence-electron chi connectivity index (χ0n) is 37.2. The van der Waals surface area contributed by atoms with Crippen molar-refractivity contribution < 1.29 is 33.6 Å². The van der Waals surface area contributed by atoms with E-state index in [1.54, 1.807) is 23.8 Å². The number of nitrogens with two attached hydrogens (primary N) is 1. The van der Waals surface area contributed by atoms with Crippen LogP contribution in [0.2, 0.25) is 0 Å². The van der Waals surface area contributed by atoms with Crippen molar-refractivity contribution in [2.45, 2.75) is 121 Å². The van der Waals surface area contributed by atoms with Gasteiger partial charge in [0.25, 0.3) is 0 Å². The molecule has 3 aromatic carbocycles. The van der Waals surface area contributed by atoms with Gasteiger partial charge in [0, 0.05) is 45.4 Å². The maximum absolute atomic E-state index is 14.0. The van der Waals surface area contributed by atoms with Crippen LogP contribution in [-0.2, 0) is 47.0 Å². The topological polar surface area (TPSA) is 215 Å². The SMILES string of the molecule is C[C@H]1CN(C(=O)CCCCCCc2ccc3c(c2)n(C)c(=O)n3C2CCC(=O)NC2=O)CC[C@H]2CC[C@@H](C(=O)N[C@H](CCC(N)=O)C(=O)NC(c3ccccc3)c3ccccc3)N2C1=O. The molecular formula is C49H60N8O8. The number of primary amides is 1. The van der Waals surface area contributed by atoms with Crippen LogP contribution in [0, 0.1) is 5.92 Å². The second-order valence-corrected chi connectivity index (χ2v) is 17.8. The van der Waals surface area contributed by atoms with Crippen molar-refractivity contribution in [2.75, 3.05) is 13.1 Å². The van der Waals surface area contributed by atoms with E-state index in [2.05, 4.69) is 16.0 Å². The zero-order valence-corrected chi connectivity index (χ0v) is 37.2. The van der Waals surface area contributed by atoms with Gasteiger partial charge in [0.2, 0.25) is 41.4 Å². The molecule has 16 nitrogen and oxygen atoms in total. The van der Waals surface area contributed by atoms with Gasteiger partial charge in [-0.15, -0.1) is 0 Å². The average Bonchev–Trinajstić information content (AvgIpc) is 3.83. The number of nitrogens with zero attached hydrogens (tertiary/aromatic N) is 4. The van der Waals surface area contributed by atoms with Crippen molar-refractivity contribution in [2.24, 2.45) is 18.7 Å². The molecule has 3 saturated heterocycles. The molecule has 3 fully saturated rings. The summed E-state index contributed by atoms with van der Waals surface area (Å²) in [6.45, 7) is 2.50. The molecule has 3 aliphatic heterocycles. The fourth-order valence-electron chi connectivity index (χ4n) is 9.67. The average molecular weight is 889 g/mol. The van der Waals surface area contributed by atoms with Gasteiger partial charge in [-0.05, 0) is 80.2 Å². The predicted molar refractivity (Wildman–Crippen MR) is 243 cm³/mol. The molecule has 0 radical (unpaired) electrons. The molecule has 0 bridgehead atoms. The highest BCUT2D eigenvalue weighted by Gasteiger charge is 2.44. The minimum absolute atomic E-state index is 0.00454. The van der Waals surface area contributed by atoms with Gasteiger partial charge in [0.05, 0.1) is 23.0 Å². The second kappa shape index (κ2) is 20.9. The number of hydrogen-bond acceptors (Lipinski definition) is 8. The highest BCUT2D eigenvalue weighted by molar-refractivity contribution is 6.00. The number of piperidine rings is 1. The number of aryl methyl sites for hydroxylation is 2. The summed E-state index contributed by atoms with van der Waals surface area (Å²) in [7, 11) is 1.68. The number of rotatable bonds is 17. The third kappa shape index (κ3) is 10.9. The molecule has 65 heavy (non-hydrogen) atoms. The number of carbonyl (C=O) groups is 7. The summed E-state index contributed by atoms with van der Waals surface area (Å²) in [5, 5.41) is 8.29. The van der Waals surface area contributed by atoms with Gasteiger partial charge in [-0.3, -0.25) is 48.0 Å². The highest BCUT2D eigenvalue weighted by atomic mass is 16.2. The van der Waals surface area contributed by atoms with Crippen molar-refractivity contribution in [1.29, 1.82) is 0 Å². The number of aromatic nitrogens is 2. The zero-order chi connectivity index (χ0) is 46.2. The first-order valence-electron chi connectivity index (χ1n) is 22.9. The molecule has 0 aliphatic carbocycles. The molecule has 1 aromatic heterocycles. The number of hydrogen-bond donors (Lipinski definition) is 4. The smallest absolute Gasteiger partial charge is 0.329 e. The molecule has 7 amide bonds. The van der Waals surface area contributed by atoms with E-state index in [0.29, 0.717) is 44.2 Å². The minimum atomic E-state index is -1.08. The maximum atomic E-state index is 14.0. The van der Waals surface area contributed by atoms with Crippen LogP contribution in [0.15, 0.2) is 83.7 Å². The van der Waals surface area contributed by atoms with Gasteiger partial charge >= 0.3 is 5.69 Å². The number of nitrogens with one attached hydrogen (secondary N) is 3. The van der Waals surface area contributed by atoms with E-state index >= 15 is 0 Å². The molecule has 4 heterocycles. The summed E-state index contributed by atoms with van der Waals surface area (Å²) in [5.74, 6) is -3.07. The van der Waals surface area contributed by atoms with Crippen molar-refractivity contribution in [1.82, 2.24) is 34.9 Å². The predicted octanol–water partition coefficient (Wildman–Crippen LogP) is 3.69. The van der Waals surface area contributed by atoms with Crippen LogP contribution in [0.5, 0.6) is 0 Å². The van der Waals surface area contributed by atoms with Crippen molar-refractivity contribution >= 4 is 52.4 Å². The molecule has 4 aromatic rings. The molecule has 7 rings (SSSR count). The molecule has 3 aliphatic rings. The van der Waals surface area contributed by atoms with E-state index in [-0.39, 0.29) is 61.7 Å². The van der Waals surface area contributed by atoms with E-state index in [1.807, 2.05) is 78.9 Å². The summed E-state index contributed by atoms with van der Waals surface area (Å²) >= 11 is 0. The third-order valence-corrected chi connectivity index (χ3v) is 13.2. The molecule has 5 N–H and O–H groups in total. The van der Waals surface area contributed by atoms with Crippen LogP contribution in [0.4, 0.5) is 0 Å². The summed E-state index contributed by atoms with van der Waals surface area (Å²) in [4.78, 5) is 108. The lowest BCUT2D eigenvalue weighted by atomic mass is 9.98. The van der Waals surface area contributed by atoms with Crippen LogP contribution >= 0.6 is 0 Å². The van der Waals surface area contributed by atoms with Crippen LogP contribution in [-0.4, -0.2) is 91.5 Å². The Morgan fingerprint density at radius 1 is 0.800 bits per heavy atom. The number of amides is 7. The largest absolute Gasteiger partial charge is 0.370 e. The van der Waals surface area contributed by atoms with E-state index in [1.165, 1.54) is 9.13 Å². The normalized spacial score (nSPS) is 20.5. The van der Waals surface area contributed by atoms with Crippen molar-refractivity contribution in [3.63, 3.8) is 0 Å². The molecular weight excluding hydrogens is 829 g/mol. The fraction of sp³-hybridized carbons (Fsp3) is 0.469. The summed E-state index contributed by atoms with van der Waals surface area (Å²) in [6, 6.07) is 21.4. The van der Waals surface area contributed by atoms with Gasteiger partial charge in [0.15, 0.2) is 0 Å². The van der Waals surface area contributed by atoms with E-state index in [4.69, 9.17) is 5.73 Å². The molecule has 1 unspecified atom stereocenters. The Balaban J connectivity index is 0.895. The number of benzene rings is 3. The molecule has 16 heteroatoms. The van der Waals surface area contributed by atoms with Crippen LogP contribution in [0.25, 0.3) is 11.0 Å². The Morgan fingerprint density at radius 3 is 2.17 bits per heavy atom. The molecule has 0 saturated carbocycles. The Bertz CT molecular complexity index is 2430. The first-order chi connectivity index (χ1) is 31.3. The van der Waals surface area contributed by atoms with Crippen LogP contribution < -0.4 is 27.4 Å². The Kier molecular flexibility index (Phi) is 15.0. The van der Waals surface area contributed by atoms with Gasteiger partial charge in [0.1, 0.15) is 18.1 Å². The lowest BCUT2D eigenvalue weighted by Crippen LogP contribution is -2.57. The van der Waals surface area contributed by atoms with E-state index in [9.17, 15) is 38.4 Å². The Hall–Kier alpha value is -6.58. The Morgan fingerprint density at radius 2 is 1.49 bits per heavy atom. The molecule has 5 atom stereocenters.